The van der Waals surface area contributed by atoms with Crippen LogP contribution in [-0.4, -0.2) is 54.6 Å². The van der Waals surface area contributed by atoms with E-state index in [0.717, 1.165) is 31.1 Å². The summed E-state index contributed by atoms with van der Waals surface area (Å²) < 4.78 is 6.94. The molecular weight excluding hydrogens is 378 g/mol. The maximum Gasteiger partial charge on any atom is 0.328 e. The lowest BCUT2D eigenvalue weighted by Crippen LogP contribution is -2.21. The smallest absolute Gasteiger partial charge is 0.315 e. The summed E-state index contributed by atoms with van der Waals surface area (Å²) in [6.07, 6.45) is 2.44. The van der Waals surface area contributed by atoms with E-state index in [9.17, 15) is 4.79 Å². The highest BCUT2D eigenvalue weighted by Crippen LogP contribution is 2.24. The van der Waals surface area contributed by atoms with Gasteiger partial charge in [0.25, 0.3) is 0 Å². The fraction of sp³-hybridized carbons (Fsp3) is 0.389. The van der Waals surface area contributed by atoms with Crippen molar-refractivity contribution in [2.24, 2.45) is 0 Å². The van der Waals surface area contributed by atoms with Crippen LogP contribution in [0.3, 0.4) is 0 Å². The van der Waals surface area contributed by atoms with Crippen LogP contribution in [0.15, 0.2) is 40.0 Å². The molecule has 2 aromatic heterocycles. The highest BCUT2D eigenvalue weighted by atomic mass is 32.2. The number of benzene rings is 1. The van der Waals surface area contributed by atoms with E-state index >= 15 is 0 Å². The first-order valence-electron chi connectivity index (χ1n) is 9.14. The lowest BCUT2D eigenvalue weighted by Gasteiger charge is -2.15. The summed E-state index contributed by atoms with van der Waals surface area (Å²) >= 11 is 1.32. The SMILES string of the molecule is Cc1noc(NC(=O)CSc2nnc(CN3CCCC3)n2-c2ccccc2)n1. The quantitative estimate of drug-likeness (QED) is 0.604. The lowest BCUT2D eigenvalue weighted by atomic mass is 10.3. The van der Waals surface area contributed by atoms with Crippen LogP contribution in [0.25, 0.3) is 5.69 Å². The van der Waals surface area contributed by atoms with Crippen molar-refractivity contribution in [1.82, 2.24) is 29.8 Å². The van der Waals surface area contributed by atoms with Gasteiger partial charge in [-0.1, -0.05) is 35.1 Å². The van der Waals surface area contributed by atoms with Gasteiger partial charge in [-0.15, -0.1) is 10.2 Å². The highest BCUT2D eigenvalue weighted by Gasteiger charge is 2.20. The van der Waals surface area contributed by atoms with Crippen LogP contribution < -0.4 is 5.32 Å². The Morgan fingerprint density at radius 3 is 2.71 bits per heavy atom. The number of likely N-dealkylation sites (tertiary alicyclic amines) is 1. The molecule has 10 heteroatoms. The Labute approximate surface area is 166 Å². The van der Waals surface area contributed by atoms with Crippen molar-refractivity contribution >= 4 is 23.7 Å². The number of nitrogens with zero attached hydrogens (tertiary/aromatic N) is 6. The van der Waals surface area contributed by atoms with Gasteiger partial charge in [0.05, 0.1) is 12.3 Å². The van der Waals surface area contributed by atoms with E-state index in [4.69, 9.17) is 4.52 Å². The van der Waals surface area contributed by atoms with Crippen molar-refractivity contribution in [2.45, 2.75) is 31.5 Å². The number of thioether (sulfide) groups is 1. The molecule has 9 nitrogen and oxygen atoms in total. The van der Waals surface area contributed by atoms with Gasteiger partial charge in [0.1, 0.15) is 0 Å². The van der Waals surface area contributed by atoms with Crippen LogP contribution in [0.2, 0.25) is 0 Å². The molecule has 3 heterocycles. The second-order valence-electron chi connectivity index (χ2n) is 6.54. The van der Waals surface area contributed by atoms with E-state index < -0.39 is 0 Å². The number of para-hydroxylation sites is 1. The second-order valence-corrected chi connectivity index (χ2v) is 7.48. The minimum absolute atomic E-state index is 0.0994. The predicted octanol–water partition coefficient (Wildman–Crippen LogP) is 2.29. The first-order valence-corrected chi connectivity index (χ1v) is 10.1. The van der Waals surface area contributed by atoms with Crippen LogP contribution in [0, 0.1) is 6.92 Å². The number of carbonyl (C=O) groups excluding carboxylic acids is 1. The zero-order chi connectivity index (χ0) is 19.3. The van der Waals surface area contributed by atoms with E-state index in [2.05, 4.69) is 30.6 Å². The molecule has 0 radical (unpaired) electrons. The summed E-state index contributed by atoms with van der Waals surface area (Å²) in [6.45, 7) is 4.60. The van der Waals surface area contributed by atoms with Gasteiger partial charge < -0.3 is 4.52 Å². The average Bonchev–Trinajstić information content (AvgIpc) is 3.43. The number of aromatic nitrogens is 5. The molecule has 0 unspecified atom stereocenters. The van der Waals surface area contributed by atoms with Crippen molar-refractivity contribution in [1.29, 1.82) is 0 Å². The Hall–Kier alpha value is -2.72. The summed E-state index contributed by atoms with van der Waals surface area (Å²) in [6, 6.07) is 10.1. The third kappa shape index (κ3) is 4.39. The molecule has 1 aromatic carbocycles. The molecule has 1 aliphatic heterocycles. The maximum absolute atomic E-state index is 12.2. The molecule has 0 bridgehead atoms. The van der Waals surface area contributed by atoms with Crippen LogP contribution in [0.1, 0.15) is 24.5 Å². The highest BCUT2D eigenvalue weighted by molar-refractivity contribution is 7.99. The fourth-order valence-corrected chi connectivity index (χ4v) is 3.88. The number of carbonyl (C=O) groups is 1. The van der Waals surface area contributed by atoms with Crippen molar-refractivity contribution in [3.63, 3.8) is 0 Å². The number of rotatable bonds is 7. The van der Waals surface area contributed by atoms with Gasteiger partial charge in [0.2, 0.25) is 5.91 Å². The Morgan fingerprint density at radius 2 is 2.00 bits per heavy atom. The van der Waals surface area contributed by atoms with E-state index in [1.807, 2.05) is 34.9 Å². The Bertz CT molecular complexity index is 935. The Morgan fingerprint density at radius 1 is 1.21 bits per heavy atom. The standard InChI is InChI=1S/C18H21N7O2S/c1-13-19-17(27-23-13)20-16(26)12-28-18-22-21-15(11-24-9-5-6-10-24)25(18)14-7-3-2-4-8-14/h2-4,7-8H,5-6,9-12H2,1H3,(H,19,20,23,26). The number of amides is 1. The van der Waals surface area contributed by atoms with E-state index in [0.29, 0.717) is 11.0 Å². The monoisotopic (exact) mass is 399 g/mol. The van der Waals surface area contributed by atoms with E-state index in [-0.39, 0.29) is 17.7 Å². The van der Waals surface area contributed by atoms with E-state index in [1.165, 1.54) is 24.6 Å². The molecule has 0 aliphatic carbocycles. The van der Waals surface area contributed by atoms with Crippen LogP contribution >= 0.6 is 11.8 Å². The minimum atomic E-state index is -0.239. The average molecular weight is 399 g/mol. The van der Waals surface area contributed by atoms with Gasteiger partial charge in [0.15, 0.2) is 16.8 Å². The van der Waals surface area contributed by atoms with Gasteiger partial charge in [-0.2, -0.15) is 4.98 Å². The largest absolute Gasteiger partial charge is 0.328 e. The molecule has 0 spiro atoms. The summed E-state index contributed by atoms with van der Waals surface area (Å²) in [5.41, 5.74) is 0.983. The number of nitrogens with one attached hydrogen (secondary N) is 1. The molecule has 4 rings (SSSR count). The molecule has 1 aliphatic rings. The summed E-state index contributed by atoms with van der Waals surface area (Å²) in [7, 11) is 0. The number of aryl methyl sites for hydroxylation is 1. The minimum Gasteiger partial charge on any atom is -0.315 e. The molecule has 0 saturated carbocycles. The molecule has 1 N–H and O–H groups in total. The summed E-state index contributed by atoms with van der Waals surface area (Å²) in [5.74, 6) is 1.27. The molecule has 1 amide bonds. The van der Waals surface area contributed by atoms with Crippen LogP contribution in [0.5, 0.6) is 0 Å². The van der Waals surface area contributed by atoms with Gasteiger partial charge in [-0.05, 0) is 45.0 Å². The van der Waals surface area contributed by atoms with Gasteiger partial charge >= 0.3 is 6.01 Å². The molecular formula is C18H21N7O2S. The van der Waals surface area contributed by atoms with Crippen molar-refractivity contribution < 1.29 is 9.32 Å². The van der Waals surface area contributed by atoms with Gasteiger partial charge in [0, 0.05) is 5.69 Å². The van der Waals surface area contributed by atoms with Crippen LogP contribution in [-0.2, 0) is 11.3 Å². The van der Waals surface area contributed by atoms with Crippen molar-refractivity contribution in [3.05, 3.63) is 42.0 Å². The number of hydrogen-bond donors (Lipinski definition) is 1. The summed E-state index contributed by atoms with van der Waals surface area (Å²) in [5, 5.41) is 15.7. The van der Waals surface area contributed by atoms with E-state index in [1.54, 1.807) is 6.92 Å². The zero-order valence-electron chi connectivity index (χ0n) is 15.5. The Balaban J connectivity index is 1.49. The Kier molecular flexibility index (Phi) is 5.68. The molecule has 1 saturated heterocycles. The first kappa shape index (κ1) is 18.6. The summed E-state index contributed by atoms with van der Waals surface area (Å²) in [4.78, 5) is 18.6. The van der Waals surface area contributed by atoms with Crippen LogP contribution in [0.4, 0.5) is 6.01 Å². The molecule has 146 valence electrons. The molecule has 1 fully saturated rings. The first-order chi connectivity index (χ1) is 13.7. The number of hydrogen-bond acceptors (Lipinski definition) is 8. The third-order valence-electron chi connectivity index (χ3n) is 4.38. The van der Waals surface area contributed by atoms with Crippen molar-refractivity contribution in [2.75, 3.05) is 24.2 Å². The van der Waals surface area contributed by atoms with Gasteiger partial charge in [-0.25, -0.2) is 0 Å². The second kappa shape index (κ2) is 8.53. The fourth-order valence-electron chi connectivity index (χ4n) is 3.11. The zero-order valence-corrected chi connectivity index (χ0v) is 16.4. The molecule has 3 aromatic rings. The molecule has 0 atom stereocenters. The topological polar surface area (TPSA) is 102 Å². The van der Waals surface area contributed by atoms with Gasteiger partial charge in [-0.3, -0.25) is 19.6 Å². The third-order valence-corrected chi connectivity index (χ3v) is 5.31. The van der Waals surface area contributed by atoms with Crippen molar-refractivity contribution in [3.8, 4) is 5.69 Å². The lowest BCUT2D eigenvalue weighted by molar-refractivity contribution is -0.114. The number of anilines is 1. The molecule has 28 heavy (non-hydrogen) atoms. The predicted molar refractivity (Wildman–Crippen MR) is 104 cm³/mol. The maximum atomic E-state index is 12.2. The normalized spacial score (nSPS) is 14.5.